The monoisotopic (exact) mass is 434 g/mol. The molecule has 2 aliphatic heterocycles. The number of hydrogen-bond donors (Lipinski definition) is 1. The summed E-state index contributed by atoms with van der Waals surface area (Å²) in [6, 6.07) is 10.2. The molecular weight excluding hydrogens is 408 g/mol. The van der Waals surface area contributed by atoms with E-state index >= 15 is 0 Å². The predicted molar refractivity (Wildman–Crippen MR) is 119 cm³/mol. The Balaban J connectivity index is 1.68. The number of nitrogens with one attached hydrogen (secondary N) is 1. The first kappa shape index (κ1) is 21.4. The minimum atomic E-state index is -0.602. The lowest BCUT2D eigenvalue weighted by atomic mass is 9.95. The molecule has 1 aromatic carbocycles. The summed E-state index contributed by atoms with van der Waals surface area (Å²) >= 11 is 0. The number of ether oxygens (including phenoxy) is 2. The third-order valence-corrected chi connectivity index (χ3v) is 5.68. The quantitative estimate of drug-likeness (QED) is 0.646. The Morgan fingerprint density at radius 2 is 1.94 bits per heavy atom. The lowest BCUT2D eigenvalue weighted by Gasteiger charge is -2.33. The molecule has 0 saturated heterocycles. The minimum Gasteiger partial charge on any atom is -0.497 e. The van der Waals surface area contributed by atoms with Gasteiger partial charge in [0.25, 0.3) is 5.91 Å². The van der Waals surface area contributed by atoms with Crippen molar-refractivity contribution in [2.45, 2.75) is 12.5 Å². The number of hydrogen-bond acceptors (Lipinski definition) is 5. The van der Waals surface area contributed by atoms with Gasteiger partial charge in [-0.25, -0.2) is 4.79 Å². The third kappa shape index (κ3) is 4.03. The van der Waals surface area contributed by atoms with E-state index in [1.165, 1.54) is 0 Å². The Morgan fingerprint density at radius 1 is 1.19 bits per heavy atom. The molecule has 0 unspecified atom stereocenters. The maximum Gasteiger partial charge on any atom is 0.322 e. The number of urea groups is 1. The van der Waals surface area contributed by atoms with Crippen molar-refractivity contribution in [3.8, 4) is 11.5 Å². The molecule has 4 rings (SSSR count). The van der Waals surface area contributed by atoms with Crippen LogP contribution >= 0.6 is 0 Å². The Bertz CT molecular complexity index is 1040. The predicted octanol–water partition coefficient (Wildman–Crippen LogP) is 2.69. The van der Waals surface area contributed by atoms with Crippen molar-refractivity contribution < 1.29 is 19.1 Å². The first-order valence-electron chi connectivity index (χ1n) is 10.4. The topological polar surface area (TPSA) is 84.0 Å². The first-order chi connectivity index (χ1) is 15.5. The molecule has 0 saturated carbocycles. The van der Waals surface area contributed by atoms with Gasteiger partial charge in [-0.2, -0.15) is 0 Å². The molecule has 1 aromatic heterocycles. The van der Waals surface area contributed by atoms with Crippen molar-refractivity contribution in [3.05, 3.63) is 77.8 Å². The van der Waals surface area contributed by atoms with Gasteiger partial charge < -0.3 is 19.7 Å². The number of carbonyl (C=O) groups is 2. The van der Waals surface area contributed by atoms with Gasteiger partial charge in [-0.15, -0.1) is 6.58 Å². The lowest BCUT2D eigenvalue weighted by Crippen LogP contribution is -2.47. The highest BCUT2D eigenvalue weighted by atomic mass is 16.5. The van der Waals surface area contributed by atoms with Gasteiger partial charge in [0.2, 0.25) is 0 Å². The zero-order chi connectivity index (χ0) is 22.7. The third-order valence-electron chi connectivity index (χ3n) is 5.68. The molecule has 0 radical (unpaired) electrons. The molecule has 32 heavy (non-hydrogen) atoms. The van der Waals surface area contributed by atoms with Crippen molar-refractivity contribution >= 4 is 11.9 Å². The van der Waals surface area contributed by atoms with Crippen LogP contribution in [0.1, 0.15) is 17.3 Å². The molecular formula is C24H26N4O4. The molecule has 0 fully saturated rings. The molecule has 8 nitrogen and oxygen atoms in total. The molecule has 3 amide bonds. The summed E-state index contributed by atoms with van der Waals surface area (Å²) in [6.45, 7) is 4.94. The van der Waals surface area contributed by atoms with Gasteiger partial charge in [-0.3, -0.25) is 14.7 Å². The van der Waals surface area contributed by atoms with E-state index < -0.39 is 6.04 Å². The zero-order valence-electron chi connectivity index (χ0n) is 18.2. The fourth-order valence-corrected chi connectivity index (χ4v) is 4.09. The molecule has 0 bridgehead atoms. The number of aromatic nitrogens is 1. The van der Waals surface area contributed by atoms with Gasteiger partial charge in [0, 0.05) is 37.5 Å². The summed E-state index contributed by atoms with van der Waals surface area (Å²) in [6.07, 6.45) is 4.03. The zero-order valence-corrected chi connectivity index (χ0v) is 18.2. The number of rotatable bonds is 8. The highest BCUT2D eigenvalue weighted by Crippen LogP contribution is 2.38. The number of nitrogens with zero attached hydrogens (tertiary/aromatic N) is 3. The van der Waals surface area contributed by atoms with E-state index in [0.717, 1.165) is 11.3 Å². The van der Waals surface area contributed by atoms with Gasteiger partial charge in [-0.1, -0.05) is 12.1 Å². The van der Waals surface area contributed by atoms with Gasteiger partial charge in [0.1, 0.15) is 11.5 Å². The van der Waals surface area contributed by atoms with Crippen LogP contribution in [0.2, 0.25) is 0 Å². The van der Waals surface area contributed by atoms with Gasteiger partial charge in [0.15, 0.2) is 0 Å². The van der Waals surface area contributed by atoms with E-state index in [2.05, 4.69) is 16.9 Å². The van der Waals surface area contributed by atoms with Gasteiger partial charge in [-0.05, 0) is 29.8 Å². The van der Waals surface area contributed by atoms with E-state index in [1.54, 1.807) is 42.4 Å². The second-order valence-corrected chi connectivity index (χ2v) is 7.59. The van der Waals surface area contributed by atoms with Crippen molar-refractivity contribution in [2.75, 3.05) is 33.9 Å². The number of carbonyl (C=O) groups excluding carboxylic acids is 2. The van der Waals surface area contributed by atoms with E-state index in [9.17, 15) is 9.59 Å². The average Bonchev–Trinajstić information content (AvgIpc) is 3.15. The van der Waals surface area contributed by atoms with Crippen LogP contribution in [0.4, 0.5) is 4.79 Å². The van der Waals surface area contributed by atoms with Gasteiger partial charge in [0.05, 0.1) is 38.1 Å². The van der Waals surface area contributed by atoms with Crippen LogP contribution in [-0.4, -0.2) is 60.6 Å². The number of pyridine rings is 1. The fourth-order valence-electron chi connectivity index (χ4n) is 4.09. The summed E-state index contributed by atoms with van der Waals surface area (Å²) in [7, 11) is 3.13. The maximum atomic E-state index is 13.5. The average molecular weight is 434 g/mol. The van der Waals surface area contributed by atoms with Crippen LogP contribution in [0.5, 0.6) is 11.5 Å². The van der Waals surface area contributed by atoms with Crippen LogP contribution in [-0.2, 0) is 11.2 Å². The van der Waals surface area contributed by atoms with Crippen LogP contribution in [0, 0.1) is 0 Å². The van der Waals surface area contributed by atoms with Crippen LogP contribution in [0.15, 0.2) is 66.5 Å². The van der Waals surface area contributed by atoms with Crippen molar-refractivity contribution in [3.63, 3.8) is 0 Å². The highest BCUT2D eigenvalue weighted by Gasteiger charge is 2.43. The molecule has 166 valence electrons. The van der Waals surface area contributed by atoms with E-state index in [0.29, 0.717) is 48.8 Å². The van der Waals surface area contributed by atoms with Crippen LogP contribution in [0.3, 0.4) is 0 Å². The summed E-state index contributed by atoms with van der Waals surface area (Å²) in [4.78, 5) is 34.1. The molecule has 2 aliphatic rings. The highest BCUT2D eigenvalue weighted by molar-refractivity contribution is 6.01. The maximum absolute atomic E-state index is 13.5. The lowest BCUT2D eigenvalue weighted by molar-refractivity contribution is -0.125. The number of methoxy groups -OCH3 is 2. The fraction of sp³-hybridized carbons (Fsp3) is 0.292. The van der Waals surface area contributed by atoms with Crippen molar-refractivity contribution in [1.82, 2.24) is 20.1 Å². The SMILES string of the molecule is C=CCN1C(=O)N[C@@H](c2cc(OC)cc(OC)c2)C2=C1CN(CCc1ccccn1)C2=O. The summed E-state index contributed by atoms with van der Waals surface area (Å²) in [5.41, 5.74) is 2.89. The Labute approximate surface area is 187 Å². The first-order valence-corrected chi connectivity index (χ1v) is 10.4. The van der Waals surface area contributed by atoms with E-state index in [4.69, 9.17) is 9.47 Å². The Kier molecular flexibility index (Phi) is 6.11. The summed E-state index contributed by atoms with van der Waals surface area (Å²) in [5.74, 6) is 1.07. The second kappa shape index (κ2) is 9.13. The Morgan fingerprint density at radius 3 is 2.56 bits per heavy atom. The van der Waals surface area contributed by atoms with Gasteiger partial charge >= 0.3 is 6.03 Å². The minimum absolute atomic E-state index is 0.100. The van der Waals surface area contributed by atoms with Crippen LogP contribution < -0.4 is 14.8 Å². The molecule has 0 aliphatic carbocycles. The molecule has 8 heteroatoms. The Hall–Kier alpha value is -3.81. The standard InChI is InChI=1S/C24H26N4O4/c1-4-10-28-20-15-27(11-8-17-7-5-6-9-25-17)23(29)21(20)22(26-24(28)30)16-12-18(31-2)14-19(13-16)32-3/h4-7,9,12-14,22H,1,8,10-11,15H2,2-3H3,(H,26,30)/t22-/m0/s1. The second-order valence-electron chi connectivity index (χ2n) is 7.59. The molecule has 1 N–H and O–H groups in total. The molecule has 3 heterocycles. The van der Waals surface area contributed by atoms with E-state index in [1.807, 2.05) is 30.3 Å². The normalized spacial score (nSPS) is 17.9. The summed E-state index contributed by atoms with van der Waals surface area (Å²) < 4.78 is 10.8. The number of benzene rings is 1. The van der Waals surface area contributed by atoms with E-state index in [-0.39, 0.29) is 11.9 Å². The number of amides is 3. The van der Waals surface area contributed by atoms with Crippen molar-refractivity contribution in [1.29, 1.82) is 0 Å². The largest absolute Gasteiger partial charge is 0.497 e. The molecule has 1 atom stereocenters. The smallest absolute Gasteiger partial charge is 0.322 e. The van der Waals surface area contributed by atoms with Crippen molar-refractivity contribution in [2.24, 2.45) is 0 Å². The van der Waals surface area contributed by atoms with Crippen LogP contribution in [0.25, 0.3) is 0 Å². The summed E-state index contributed by atoms with van der Waals surface area (Å²) in [5, 5.41) is 2.98. The molecule has 0 spiro atoms. The molecule has 2 aromatic rings.